The molecule has 5 nitrogen and oxygen atoms in total. The Labute approximate surface area is 137 Å². The quantitative estimate of drug-likeness (QED) is 0.874. The minimum Gasteiger partial charge on any atom is -0.486 e. The summed E-state index contributed by atoms with van der Waals surface area (Å²) in [5, 5.41) is 3.16. The Morgan fingerprint density at radius 2 is 2.09 bits per heavy atom. The highest BCUT2D eigenvalue weighted by molar-refractivity contribution is 6.41. The number of ether oxygens (including phenoxy) is 2. The predicted molar refractivity (Wildman–Crippen MR) is 82.9 cm³/mol. The maximum atomic E-state index is 12.0. The number of halogens is 2. The van der Waals surface area contributed by atoms with Gasteiger partial charge in [0.1, 0.15) is 17.9 Å². The zero-order valence-electron chi connectivity index (χ0n) is 11.4. The van der Waals surface area contributed by atoms with E-state index in [1.165, 1.54) is 12.3 Å². The number of hydrogen-bond donors (Lipinski definition) is 1. The number of amides is 1. The van der Waals surface area contributed by atoms with Gasteiger partial charge in [-0.05, 0) is 18.2 Å². The maximum Gasteiger partial charge on any atom is 0.253 e. The van der Waals surface area contributed by atoms with Crippen LogP contribution in [0.4, 0.5) is 0 Å². The van der Waals surface area contributed by atoms with Crippen molar-refractivity contribution >= 4 is 29.1 Å². The molecule has 2 heterocycles. The molecule has 2 aromatic rings. The lowest BCUT2D eigenvalue weighted by molar-refractivity contribution is 0.0789. The molecule has 0 unspecified atom stereocenters. The summed E-state index contributed by atoms with van der Waals surface area (Å²) in [5.74, 6) is 1.08. The molecule has 0 fully saturated rings. The Morgan fingerprint density at radius 1 is 1.32 bits per heavy atom. The van der Waals surface area contributed by atoms with Crippen molar-refractivity contribution in [3.05, 3.63) is 52.3 Å². The molecule has 114 valence electrons. The number of fused-ring (bicyclic) bond motifs is 1. The molecule has 0 bridgehead atoms. The lowest BCUT2D eigenvalue weighted by Crippen LogP contribution is -2.40. The van der Waals surface area contributed by atoms with E-state index in [0.717, 1.165) is 0 Å². The van der Waals surface area contributed by atoms with E-state index in [9.17, 15) is 4.79 Å². The molecule has 3 rings (SSSR count). The Bertz CT molecular complexity index is 709. The fraction of sp³-hybridized carbons (Fsp3) is 0.200. The molecule has 0 spiro atoms. The summed E-state index contributed by atoms with van der Waals surface area (Å²) in [6.07, 6.45) is 1.12. The number of benzene rings is 1. The van der Waals surface area contributed by atoms with Crippen molar-refractivity contribution in [2.24, 2.45) is 0 Å². The maximum absolute atomic E-state index is 12.0. The molecular weight excluding hydrogens is 327 g/mol. The van der Waals surface area contributed by atoms with Crippen molar-refractivity contribution in [1.29, 1.82) is 0 Å². The van der Waals surface area contributed by atoms with Crippen LogP contribution in [-0.4, -0.2) is 30.1 Å². The van der Waals surface area contributed by atoms with Crippen molar-refractivity contribution in [2.45, 2.75) is 6.10 Å². The van der Waals surface area contributed by atoms with Gasteiger partial charge in [-0.15, -0.1) is 0 Å². The Kier molecular flexibility index (Phi) is 4.36. The number of carbonyl (C=O) groups is 1. The van der Waals surface area contributed by atoms with E-state index in [4.69, 9.17) is 32.7 Å². The van der Waals surface area contributed by atoms with Crippen molar-refractivity contribution < 1.29 is 14.3 Å². The fourth-order valence-electron chi connectivity index (χ4n) is 2.02. The SMILES string of the molecule is O=C(NC[C@@H]1COc2ccccc2O1)c1cnc(Cl)c(Cl)c1. The summed E-state index contributed by atoms with van der Waals surface area (Å²) in [6.45, 7) is 0.685. The number of carbonyl (C=O) groups excluding carboxylic acids is 1. The van der Waals surface area contributed by atoms with Crippen LogP contribution in [0.1, 0.15) is 10.4 Å². The van der Waals surface area contributed by atoms with Gasteiger partial charge in [0.15, 0.2) is 11.5 Å². The second kappa shape index (κ2) is 6.42. The largest absolute Gasteiger partial charge is 0.486 e. The average Bonchev–Trinajstić information content (AvgIpc) is 2.55. The molecule has 1 aliphatic rings. The van der Waals surface area contributed by atoms with E-state index in [-0.39, 0.29) is 22.2 Å². The first-order valence-electron chi connectivity index (χ1n) is 6.61. The van der Waals surface area contributed by atoms with Crippen LogP contribution in [-0.2, 0) is 0 Å². The summed E-state index contributed by atoms with van der Waals surface area (Å²) in [4.78, 5) is 15.9. The van der Waals surface area contributed by atoms with Crippen LogP contribution < -0.4 is 14.8 Å². The Morgan fingerprint density at radius 3 is 2.86 bits per heavy atom. The lowest BCUT2D eigenvalue weighted by atomic mass is 10.2. The first-order valence-corrected chi connectivity index (χ1v) is 7.37. The third-order valence-electron chi connectivity index (χ3n) is 3.12. The number of nitrogens with one attached hydrogen (secondary N) is 1. The molecule has 1 aliphatic heterocycles. The van der Waals surface area contributed by atoms with Crippen molar-refractivity contribution in [3.8, 4) is 11.5 Å². The van der Waals surface area contributed by atoms with Crippen LogP contribution in [0, 0.1) is 0 Å². The molecule has 0 saturated carbocycles. The molecule has 0 aliphatic carbocycles. The summed E-state index contributed by atoms with van der Waals surface area (Å²) in [7, 11) is 0. The van der Waals surface area contributed by atoms with Gasteiger partial charge in [0.2, 0.25) is 0 Å². The molecule has 1 amide bonds. The highest BCUT2D eigenvalue weighted by Gasteiger charge is 2.21. The predicted octanol–water partition coefficient (Wildman–Crippen LogP) is 2.96. The zero-order valence-corrected chi connectivity index (χ0v) is 12.9. The fourth-order valence-corrected chi connectivity index (χ4v) is 2.29. The van der Waals surface area contributed by atoms with Gasteiger partial charge in [0.25, 0.3) is 5.91 Å². The Balaban J connectivity index is 1.59. The molecule has 22 heavy (non-hydrogen) atoms. The standard InChI is InChI=1S/C15H12Cl2N2O3/c16-11-5-9(6-18-14(11)17)15(20)19-7-10-8-21-12-3-1-2-4-13(12)22-10/h1-6,10H,7-8H2,(H,19,20)/t10-/m1/s1. The summed E-state index contributed by atoms with van der Waals surface area (Å²) < 4.78 is 11.3. The molecule has 1 atom stereocenters. The van der Waals surface area contributed by atoms with Crippen LogP contribution in [0.15, 0.2) is 36.5 Å². The van der Waals surface area contributed by atoms with Gasteiger partial charge < -0.3 is 14.8 Å². The third-order valence-corrected chi connectivity index (χ3v) is 3.80. The van der Waals surface area contributed by atoms with E-state index in [2.05, 4.69) is 10.3 Å². The topological polar surface area (TPSA) is 60.5 Å². The van der Waals surface area contributed by atoms with Crippen LogP contribution >= 0.6 is 23.2 Å². The number of aromatic nitrogens is 1. The second-order valence-electron chi connectivity index (χ2n) is 4.70. The normalized spacial score (nSPS) is 16.2. The zero-order chi connectivity index (χ0) is 15.5. The van der Waals surface area contributed by atoms with Gasteiger partial charge in [-0.25, -0.2) is 4.98 Å². The lowest BCUT2D eigenvalue weighted by Gasteiger charge is -2.26. The monoisotopic (exact) mass is 338 g/mol. The van der Waals surface area contributed by atoms with Crippen LogP contribution in [0.2, 0.25) is 10.2 Å². The average molecular weight is 339 g/mol. The minimum atomic E-state index is -0.298. The number of pyridine rings is 1. The van der Waals surface area contributed by atoms with Gasteiger partial charge in [-0.1, -0.05) is 35.3 Å². The van der Waals surface area contributed by atoms with Gasteiger partial charge in [0, 0.05) is 6.20 Å². The van der Waals surface area contributed by atoms with Crippen molar-refractivity contribution in [3.63, 3.8) is 0 Å². The van der Waals surface area contributed by atoms with E-state index in [1.54, 1.807) is 0 Å². The second-order valence-corrected chi connectivity index (χ2v) is 5.47. The summed E-state index contributed by atoms with van der Waals surface area (Å²) in [6, 6.07) is 8.88. The third kappa shape index (κ3) is 3.26. The van der Waals surface area contributed by atoms with Gasteiger partial charge in [0.05, 0.1) is 17.1 Å². The molecular formula is C15H12Cl2N2O3. The molecule has 1 aromatic heterocycles. The highest BCUT2D eigenvalue weighted by atomic mass is 35.5. The smallest absolute Gasteiger partial charge is 0.253 e. The first-order chi connectivity index (χ1) is 10.6. The first kappa shape index (κ1) is 14.9. The highest BCUT2D eigenvalue weighted by Crippen LogP contribution is 2.30. The van der Waals surface area contributed by atoms with Gasteiger partial charge in [-0.2, -0.15) is 0 Å². The molecule has 7 heteroatoms. The molecule has 1 aromatic carbocycles. The van der Waals surface area contributed by atoms with E-state index < -0.39 is 0 Å². The number of nitrogens with zero attached hydrogens (tertiary/aromatic N) is 1. The van der Waals surface area contributed by atoms with Crippen molar-refractivity contribution in [1.82, 2.24) is 10.3 Å². The van der Waals surface area contributed by atoms with Crippen molar-refractivity contribution in [2.75, 3.05) is 13.2 Å². The van der Waals surface area contributed by atoms with Crippen LogP contribution in [0.3, 0.4) is 0 Å². The minimum absolute atomic E-state index is 0.166. The van der Waals surface area contributed by atoms with Crippen LogP contribution in [0.5, 0.6) is 11.5 Å². The van der Waals surface area contributed by atoms with Gasteiger partial charge >= 0.3 is 0 Å². The number of rotatable bonds is 3. The molecule has 0 saturated heterocycles. The Hall–Kier alpha value is -1.98. The number of para-hydroxylation sites is 2. The van der Waals surface area contributed by atoms with Crippen LogP contribution in [0.25, 0.3) is 0 Å². The van der Waals surface area contributed by atoms with E-state index in [1.807, 2.05) is 24.3 Å². The molecule has 1 N–H and O–H groups in total. The van der Waals surface area contributed by atoms with E-state index in [0.29, 0.717) is 30.2 Å². The number of hydrogen-bond acceptors (Lipinski definition) is 4. The summed E-state index contributed by atoms with van der Waals surface area (Å²) >= 11 is 11.6. The van der Waals surface area contributed by atoms with E-state index >= 15 is 0 Å². The summed E-state index contributed by atoms with van der Waals surface area (Å²) in [5.41, 5.74) is 0.339. The van der Waals surface area contributed by atoms with Gasteiger partial charge in [-0.3, -0.25) is 4.79 Å². The molecule has 0 radical (unpaired) electrons.